The normalized spacial score (nSPS) is 11.8. The minimum atomic E-state index is -4.34. The van der Waals surface area contributed by atoms with Gasteiger partial charge in [-0.1, -0.05) is 36.4 Å². The average molecular weight is 514 g/mol. The molecule has 0 fully saturated rings. The molecule has 0 unspecified atom stereocenters. The molecule has 154 valence electrons. The zero-order chi connectivity index (χ0) is 20.0. The highest BCUT2D eigenvalue weighted by Crippen LogP contribution is 2.29. The number of nitrogens with zero attached hydrogens (tertiary/aromatic N) is 2. The Balaban J connectivity index is 0.00000300. The van der Waals surface area contributed by atoms with Gasteiger partial charge in [0.05, 0.1) is 11.1 Å². The Morgan fingerprint density at radius 1 is 1.03 bits per heavy atom. The molecule has 0 spiro atoms. The Bertz CT molecular complexity index is 968. The van der Waals surface area contributed by atoms with E-state index in [1.807, 2.05) is 30.3 Å². The van der Waals surface area contributed by atoms with Gasteiger partial charge in [-0.3, -0.25) is 9.98 Å². The van der Waals surface area contributed by atoms with E-state index in [1.165, 1.54) is 6.07 Å². The van der Waals surface area contributed by atoms with Crippen molar-refractivity contribution in [3.8, 4) is 0 Å². The van der Waals surface area contributed by atoms with Crippen molar-refractivity contribution in [3.63, 3.8) is 0 Å². The Hall–Kier alpha value is -2.36. The maximum absolute atomic E-state index is 12.8. The minimum Gasteiger partial charge on any atom is -0.356 e. The largest absolute Gasteiger partial charge is 0.416 e. The molecule has 29 heavy (non-hydrogen) atoms. The summed E-state index contributed by atoms with van der Waals surface area (Å²) in [7, 11) is 1.63. The molecule has 0 radical (unpaired) electrons. The number of aliphatic imine (C=N–C) groups is 1. The maximum atomic E-state index is 12.8. The molecule has 2 N–H and O–H groups in total. The highest BCUT2D eigenvalue weighted by atomic mass is 127. The zero-order valence-corrected chi connectivity index (χ0v) is 18.2. The third-order valence-electron chi connectivity index (χ3n) is 4.34. The van der Waals surface area contributed by atoms with E-state index < -0.39 is 11.7 Å². The van der Waals surface area contributed by atoms with E-state index in [0.717, 1.165) is 35.0 Å². The van der Waals surface area contributed by atoms with E-state index >= 15 is 0 Å². The monoisotopic (exact) mass is 514 g/mol. The molecule has 0 aliphatic rings. The van der Waals surface area contributed by atoms with Crippen LogP contribution in [0.2, 0.25) is 0 Å². The molecule has 0 saturated carbocycles. The first-order valence-electron chi connectivity index (χ1n) is 8.90. The summed E-state index contributed by atoms with van der Waals surface area (Å²) in [5, 5.41) is 7.32. The highest BCUT2D eigenvalue weighted by molar-refractivity contribution is 14.0. The Labute approximate surface area is 184 Å². The fourth-order valence-electron chi connectivity index (χ4n) is 2.95. The van der Waals surface area contributed by atoms with Crippen molar-refractivity contribution >= 4 is 40.8 Å². The van der Waals surface area contributed by atoms with Crippen molar-refractivity contribution in [3.05, 3.63) is 77.5 Å². The first-order chi connectivity index (χ1) is 13.5. The molecule has 0 atom stereocenters. The van der Waals surface area contributed by atoms with E-state index in [4.69, 9.17) is 0 Å². The van der Waals surface area contributed by atoms with Crippen LogP contribution in [0.5, 0.6) is 0 Å². The first kappa shape index (κ1) is 22.9. The minimum absolute atomic E-state index is 0. The van der Waals surface area contributed by atoms with E-state index in [9.17, 15) is 13.2 Å². The van der Waals surface area contributed by atoms with E-state index in [2.05, 4.69) is 20.6 Å². The van der Waals surface area contributed by atoms with Crippen LogP contribution < -0.4 is 10.6 Å². The molecule has 1 heterocycles. The Morgan fingerprint density at radius 2 is 1.79 bits per heavy atom. The van der Waals surface area contributed by atoms with Crippen molar-refractivity contribution in [2.24, 2.45) is 4.99 Å². The molecule has 3 rings (SSSR count). The van der Waals surface area contributed by atoms with Gasteiger partial charge < -0.3 is 10.6 Å². The average Bonchev–Trinajstić information content (AvgIpc) is 2.70. The van der Waals surface area contributed by atoms with Crippen LogP contribution in [0.4, 0.5) is 13.2 Å². The van der Waals surface area contributed by atoms with Gasteiger partial charge in [0.25, 0.3) is 0 Å². The predicted molar refractivity (Wildman–Crippen MR) is 121 cm³/mol. The number of benzene rings is 2. The third-order valence-corrected chi connectivity index (χ3v) is 4.34. The van der Waals surface area contributed by atoms with Gasteiger partial charge in [0.1, 0.15) is 0 Å². The molecule has 0 amide bonds. The molecule has 0 aliphatic carbocycles. The van der Waals surface area contributed by atoms with Crippen molar-refractivity contribution in [2.45, 2.75) is 19.1 Å². The first-order valence-corrected chi connectivity index (χ1v) is 8.90. The summed E-state index contributed by atoms with van der Waals surface area (Å²) < 4.78 is 38.4. The number of para-hydroxylation sites is 1. The van der Waals surface area contributed by atoms with Crippen LogP contribution in [0.3, 0.4) is 0 Å². The molecule has 8 heteroatoms. The molecular weight excluding hydrogens is 492 g/mol. The van der Waals surface area contributed by atoms with Crippen molar-refractivity contribution in [1.29, 1.82) is 0 Å². The van der Waals surface area contributed by atoms with Crippen LogP contribution in [0, 0.1) is 0 Å². The predicted octanol–water partition coefficient (Wildman–Crippen LogP) is 4.78. The van der Waals surface area contributed by atoms with Gasteiger partial charge in [-0.2, -0.15) is 13.2 Å². The summed E-state index contributed by atoms with van der Waals surface area (Å²) in [6.07, 6.45) is -1.82. The van der Waals surface area contributed by atoms with Crippen molar-refractivity contribution in [2.75, 3.05) is 13.6 Å². The van der Waals surface area contributed by atoms with E-state index in [1.54, 1.807) is 19.3 Å². The lowest BCUT2D eigenvalue weighted by Crippen LogP contribution is -2.37. The number of halogens is 4. The number of hydrogen-bond acceptors (Lipinski definition) is 2. The summed E-state index contributed by atoms with van der Waals surface area (Å²) in [5.74, 6) is 0.533. The van der Waals surface area contributed by atoms with Crippen LogP contribution in [0.1, 0.15) is 16.7 Å². The molecule has 0 saturated heterocycles. The molecule has 4 nitrogen and oxygen atoms in total. The number of rotatable bonds is 5. The standard InChI is InChI=1S/C21H21F3N4.HI/c1-25-20(28-14-15-5-2-9-18(13-15)21(22,23)24)27-12-10-17-7-3-6-16-8-4-11-26-19(16)17;/h2-9,11,13H,10,12,14H2,1H3,(H2,25,27,28);1H. The zero-order valence-electron chi connectivity index (χ0n) is 15.8. The fraction of sp³-hybridized carbons (Fsp3) is 0.238. The summed E-state index contributed by atoms with van der Waals surface area (Å²) in [4.78, 5) is 8.56. The number of nitrogens with one attached hydrogen (secondary N) is 2. The summed E-state index contributed by atoms with van der Waals surface area (Å²) in [6.45, 7) is 0.872. The third kappa shape index (κ3) is 6.31. The number of aromatic nitrogens is 1. The number of hydrogen-bond donors (Lipinski definition) is 2. The maximum Gasteiger partial charge on any atom is 0.416 e. The quantitative estimate of drug-likeness (QED) is 0.293. The summed E-state index contributed by atoms with van der Waals surface area (Å²) in [5.41, 5.74) is 1.98. The van der Waals surface area contributed by atoms with E-state index in [0.29, 0.717) is 18.1 Å². The van der Waals surface area contributed by atoms with Crippen LogP contribution >= 0.6 is 24.0 Å². The van der Waals surface area contributed by atoms with Gasteiger partial charge >= 0.3 is 6.18 Å². The molecule has 3 aromatic rings. The second-order valence-electron chi connectivity index (χ2n) is 6.29. The van der Waals surface area contributed by atoms with Gasteiger partial charge in [0.2, 0.25) is 0 Å². The van der Waals surface area contributed by atoms with Gasteiger partial charge in [0, 0.05) is 31.7 Å². The van der Waals surface area contributed by atoms with Crippen molar-refractivity contribution in [1.82, 2.24) is 15.6 Å². The fourth-order valence-corrected chi connectivity index (χ4v) is 2.95. The van der Waals surface area contributed by atoms with E-state index in [-0.39, 0.29) is 30.5 Å². The number of pyridine rings is 1. The Kier molecular flexibility index (Phi) is 8.24. The van der Waals surface area contributed by atoms with Crippen LogP contribution in [0.15, 0.2) is 65.8 Å². The van der Waals surface area contributed by atoms with Crippen LogP contribution in [-0.4, -0.2) is 24.5 Å². The molecule has 0 aliphatic heterocycles. The lowest BCUT2D eigenvalue weighted by molar-refractivity contribution is -0.137. The molecule has 0 bridgehead atoms. The summed E-state index contributed by atoms with van der Waals surface area (Å²) in [6, 6.07) is 15.3. The smallest absolute Gasteiger partial charge is 0.356 e. The van der Waals surface area contributed by atoms with Gasteiger partial charge in [-0.25, -0.2) is 0 Å². The number of alkyl halides is 3. The number of guanidine groups is 1. The van der Waals surface area contributed by atoms with Gasteiger partial charge in [-0.05, 0) is 35.7 Å². The second kappa shape index (κ2) is 10.4. The summed E-state index contributed by atoms with van der Waals surface area (Å²) >= 11 is 0. The number of fused-ring (bicyclic) bond motifs is 1. The highest BCUT2D eigenvalue weighted by Gasteiger charge is 2.30. The topological polar surface area (TPSA) is 49.3 Å². The van der Waals surface area contributed by atoms with Gasteiger partial charge in [-0.15, -0.1) is 24.0 Å². The van der Waals surface area contributed by atoms with Crippen LogP contribution in [-0.2, 0) is 19.1 Å². The SMILES string of the molecule is CN=C(NCCc1cccc2cccnc12)NCc1cccc(C(F)(F)F)c1.I. The van der Waals surface area contributed by atoms with Gasteiger partial charge in [0.15, 0.2) is 5.96 Å². The Morgan fingerprint density at radius 3 is 2.55 bits per heavy atom. The molecule has 2 aromatic carbocycles. The lowest BCUT2D eigenvalue weighted by Gasteiger charge is -2.13. The molecular formula is C21H22F3IN4. The van der Waals surface area contributed by atoms with Crippen LogP contribution in [0.25, 0.3) is 10.9 Å². The molecule has 1 aromatic heterocycles. The lowest BCUT2D eigenvalue weighted by atomic mass is 10.1. The second-order valence-corrected chi connectivity index (χ2v) is 6.29. The van der Waals surface area contributed by atoms with Crippen molar-refractivity contribution < 1.29 is 13.2 Å².